The molecule has 1 saturated carbocycles. The summed E-state index contributed by atoms with van der Waals surface area (Å²) in [5, 5.41) is 3.60. The van der Waals surface area contributed by atoms with Gasteiger partial charge in [-0.05, 0) is 51.0 Å². The van der Waals surface area contributed by atoms with Crippen molar-refractivity contribution in [3.05, 3.63) is 0 Å². The van der Waals surface area contributed by atoms with Crippen molar-refractivity contribution in [1.82, 2.24) is 5.32 Å². The number of hydrogen-bond donors (Lipinski definition) is 2. The highest BCUT2D eigenvalue weighted by Gasteiger charge is 2.34. The summed E-state index contributed by atoms with van der Waals surface area (Å²) < 4.78 is 0. The largest absolute Gasteiger partial charge is 0.303 e. The van der Waals surface area contributed by atoms with Crippen molar-refractivity contribution in [3.8, 4) is 0 Å². The second-order valence-electron chi connectivity index (χ2n) is 12.7. The third kappa shape index (κ3) is 22.0. The van der Waals surface area contributed by atoms with Gasteiger partial charge in [-0.15, -0.1) is 0 Å². The first-order chi connectivity index (χ1) is 17.0. The van der Waals surface area contributed by atoms with Crippen LogP contribution in [0.1, 0.15) is 182 Å². The molecule has 1 fully saturated rings. The van der Waals surface area contributed by atoms with Crippen molar-refractivity contribution < 1.29 is 0 Å². The third-order valence-corrected chi connectivity index (χ3v) is 8.67. The van der Waals surface area contributed by atoms with Crippen LogP contribution in [0.3, 0.4) is 0 Å². The average molecular weight is 510 g/mol. The maximum absolute atomic E-state index is 4.65. The molecular formula is C33H67NS. The molecule has 210 valence electrons. The van der Waals surface area contributed by atoms with E-state index in [0.717, 1.165) is 24.3 Å². The summed E-state index contributed by atoms with van der Waals surface area (Å²) in [6, 6.07) is 0. The van der Waals surface area contributed by atoms with E-state index in [2.05, 4.69) is 45.6 Å². The Bertz CT molecular complexity index is 443. The summed E-state index contributed by atoms with van der Waals surface area (Å²) in [5.41, 5.74) is 0. The highest BCUT2D eigenvalue weighted by molar-refractivity contribution is 7.81. The average Bonchev–Trinajstić information content (AvgIpc) is 3.56. The normalized spacial score (nSPS) is 18.8. The zero-order valence-corrected chi connectivity index (χ0v) is 25.8. The molecule has 1 rings (SSSR count). The molecule has 1 aliphatic carbocycles. The van der Waals surface area contributed by atoms with Crippen LogP contribution in [0, 0.1) is 17.8 Å². The van der Waals surface area contributed by atoms with E-state index in [1.807, 2.05) is 0 Å². The first-order valence-electron chi connectivity index (χ1n) is 16.4. The lowest BCUT2D eigenvalue weighted by molar-refractivity contribution is 0.363. The third-order valence-electron chi connectivity index (χ3n) is 8.51. The molecule has 0 heterocycles. The number of hydrogen-bond acceptors (Lipinski definition) is 2. The van der Waals surface area contributed by atoms with E-state index in [1.54, 1.807) is 6.42 Å². The molecule has 0 spiro atoms. The Morgan fingerprint density at radius 2 is 1.00 bits per heavy atom. The van der Waals surface area contributed by atoms with Gasteiger partial charge < -0.3 is 5.32 Å². The van der Waals surface area contributed by atoms with Gasteiger partial charge in [0, 0.05) is 0 Å². The van der Waals surface area contributed by atoms with Crippen molar-refractivity contribution in [2.75, 3.05) is 6.54 Å². The number of rotatable bonds is 27. The number of unbranched alkanes of at least 4 members (excludes halogenated alkanes) is 15. The predicted octanol–water partition coefficient (Wildman–Crippen LogP) is 11.5. The summed E-state index contributed by atoms with van der Waals surface area (Å²) in [6.45, 7) is 10.1. The first kappa shape index (κ1) is 33.3. The molecule has 0 saturated heterocycles. The molecule has 0 aliphatic heterocycles. The van der Waals surface area contributed by atoms with Gasteiger partial charge in [0.1, 0.15) is 0 Å². The van der Waals surface area contributed by atoms with Crippen LogP contribution in [-0.2, 0) is 0 Å². The standard InChI is InChI=1S/C33H67NS/c1-5-7-9-11-13-15-19-23-30(27-28-34-33(3,4)35)24-20-16-14-18-22-26-32-29-31(32)25-21-17-12-10-8-6-2/h30-32,34-35H,5-29H2,1-4H3. The maximum atomic E-state index is 4.65. The zero-order chi connectivity index (χ0) is 25.6. The molecular weight excluding hydrogens is 442 g/mol. The highest BCUT2D eigenvalue weighted by Crippen LogP contribution is 2.45. The summed E-state index contributed by atoms with van der Waals surface area (Å²) in [4.78, 5) is -0.0426. The molecule has 0 amide bonds. The topological polar surface area (TPSA) is 12.0 Å². The minimum atomic E-state index is -0.0426. The van der Waals surface area contributed by atoms with Gasteiger partial charge in [0.15, 0.2) is 0 Å². The van der Waals surface area contributed by atoms with Gasteiger partial charge >= 0.3 is 0 Å². The fraction of sp³-hybridized carbons (Fsp3) is 1.00. The van der Waals surface area contributed by atoms with Crippen molar-refractivity contribution >= 4 is 12.6 Å². The summed E-state index contributed by atoms with van der Waals surface area (Å²) >= 11 is 4.65. The Morgan fingerprint density at radius 1 is 0.600 bits per heavy atom. The number of thiol groups is 1. The van der Waals surface area contributed by atoms with E-state index >= 15 is 0 Å². The SMILES string of the molecule is CCCCCCCCCC(CCCCCCCC1CC1CCCCCCCC)CCNC(C)(C)S. The minimum Gasteiger partial charge on any atom is -0.303 e. The molecule has 0 radical (unpaired) electrons. The van der Waals surface area contributed by atoms with Gasteiger partial charge in [0.2, 0.25) is 0 Å². The first-order valence-corrected chi connectivity index (χ1v) is 16.9. The van der Waals surface area contributed by atoms with Gasteiger partial charge in [-0.3, -0.25) is 0 Å². The molecule has 3 unspecified atom stereocenters. The van der Waals surface area contributed by atoms with Crippen LogP contribution >= 0.6 is 12.6 Å². The quantitative estimate of drug-likeness (QED) is 0.0637. The van der Waals surface area contributed by atoms with Crippen LogP contribution in [0.15, 0.2) is 0 Å². The van der Waals surface area contributed by atoms with Crippen LogP contribution in [0.4, 0.5) is 0 Å². The highest BCUT2D eigenvalue weighted by atomic mass is 32.1. The minimum absolute atomic E-state index is 0.0426. The van der Waals surface area contributed by atoms with Gasteiger partial charge in [-0.25, -0.2) is 0 Å². The Balaban J connectivity index is 2.02. The van der Waals surface area contributed by atoms with Gasteiger partial charge in [-0.2, -0.15) is 12.6 Å². The van der Waals surface area contributed by atoms with E-state index in [9.17, 15) is 0 Å². The molecule has 1 N–H and O–H groups in total. The molecule has 3 atom stereocenters. The summed E-state index contributed by atoms with van der Waals surface area (Å²) in [6.07, 6.45) is 35.0. The van der Waals surface area contributed by atoms with E-state index in [1.165, 1.54) is 148 Å². The molecule has 0 bridgehead atoms. The van der Waals surface area contributed by atoms with E-state index in [4.69, 9.17) is 0 Å². The lowest BCUT2D eigenvalue weighted by atomic mass is 9.91. The van der Waals surface area contributed by atoms with Crippen molar-refractivity contribution in [2.24, 2.45) is 17.8 Å². The molecule has 1 nitrogen and oxygen atoms in total. The maximum Gasteiger partial charge on any atom is 0.0558 e. The van der Waals surface area contributed by atoms with Crippen molar-refractivity contribution in [2.45, 2.75) is 187 Å². The Morgan fingerprint density at radius 3 is 1.43 bits per heavy atom. The lowest BCUT2D eigenvalue weighted by Gasteiger charge is -2.23. The van der Waals surface area contributed by atoms with Crippen molar-refractivity contribution in [1.29, 1.82) is 0 Å². The fourth-order valence-corrected chi connectivity index (χ4v) is 6.09. The monoisotopic (exact) mass is 509 g/mol. The Kier molecular flexibility index (Phi) is 21.2. The zero-order valence-electron chi connectivity index (χ0n) is 24.9. The van der Waals surface area contributed by atoms with E-state index in [-0.39, 0.29) is 4.87 Å². The summed E-state index contributed by atoms with van der Waals surface area (Å²) in [7, 11) is 0. The second-order valence-corrected chi connectivity index (χ2v) is 13.8. The number of nitrogens with one attached hydrogen (secondary N) is 1. The van der Waals surface area contributed by atoms with E-state index in [0.29, 0.717) is 0 Å². The summed E-state index contributed by atoms with van der Waals surface area (Å²) in [5.74, 6) is 3.15. The van der Waals surface area contributed by atoms with E-state index < -0.39 is 0 Å². The molecule has 2 heteroatoms. The Labute approximate surface area is 228 Å². The molecule has 35 heavy (non-hydrogen) atoms. The van der Waals surface area contributed by atoms with Gasteiger partial charge in [0.05, 0.1) is 4.87 Å². The molecule has 0 aromatic carbocycles. The molecule has 0 aromatic rings. The van der Waals surface area contributed by atoms with Crippen LogP contribution in [0.25, 0.3) is 0 Å². The van der Waals surface area contributed by atoms with Gasteiger partial charge in [-0.1, -0.05) is 155 Å². The fourth-order valence-electron chi connectivity index (χ4n) is 5.98. The Hall–Kier alpha value is 0.310. The van der Waals surface area contributed by atoms with Crippen LogP contribution in [-0.4, -0.2) is 11.4 Å². The second kappa shape index (κ2) is 22.3. The van der Waals surface area contributed by atoms with Gasteiger partial charge in [0.25, 0.3) is 0 Å². The molecule has 0 aromatic heterocycles. The molecule has 1 aliphatic rings. The lowest BCUT2D eigenvalue weighted by Crippen LogP contribution is -2.34. The smallest absolute Gasteiger partial charge is 0.0558 e. The predicted molar refractivity (Wildman–Crippen MR) is 164 cm³/mol. The van der Waals surface area contributed by atoms with Crippen LogP contribution in [0.2, 0.25) is 0 Å². The van der Waals surface area contributed by atoms with Crippen molar-refractivity contribution in [3.63, 3.8) is 0 Å². The van der Waals surface area contributed by atoms with Crippen LogP contribution < -0.4 is 5.32 Å². The van der Waals surface area contributed by atoms with Crippen LogP contribution in [0.5, 0.6) is 0 Å².